The molecule has 0 atom stereocenters. The number of sulfonamides is 1. The fourth-order valence-corrected chi connectivity index (χ4v) is 6.17. The smallest absolute Gasteiger partial charge is 0.243 e. The van der Waals surface area contributed by atoms with Gasteiger partial charge in [-0.3, -0.25) is 0 Å². The number of aromatic nitrogens is 2. The van der Waals surface area contributed by atoms with Crippen molar-refractivity contribution in [1.29, 1.82) is 0 Å². The monoisotopic (exact) mass is 474 g/mol. The lowest BCUT2D eigenvalue weighted by Crippen LogP contribution is -2.35. The first kappa shape index (κ1) is 22.3. The molecule has 5 rings (SSSR count). The van der Waals surface area contributed by atoms with Crippen molar-refractivity contribution in [3.05, 3.63) is 72.3 Å². The van der Waals surface area contributed by atoms with Crippen molar-refractivity contribution in [2.45, 2.75) is 31.1 Å². The summed E-state index contributed by atoms with van der Waals surface area (Å²) in [6.45, 7) is 2.95. The molecule has 0 saturated carbocycles. The summed E-state index contributed by atoms with van der Waals surface area (Å²) in [6, 6.07) is 20.0. The van der Waals surface area contributed by atoms with Gasteiger partial charge < -0.3 is 10.4 Å². The van der Waals surface area contributed by atoms with Gasteiger partial charge in [-0.15, -0.1) is 10.2 Å². The third-order valence-electron chi connectivity index (χ3n) is 6.19. The molecule has 4 aromatic rings. The molecule has 1 fully saturated rings. The van der Waals surface area contributed by atoms with Gasteiger partial charge in [-0.25, -0.2) is 8.42 Å². The first-order valence-corrected chi connectivity index (χ1v) is 12.8. The van der Waals surface area contributed by atoms with E-state index in [1.165, 1.54) is 0 Å². The van der Waals surface area contributed by atoms with E-state index in [2.05, 4.69) is 15.5 Å². The van der Waals surface area contributed by atoms with Crippen LogP contribution in [0.5, 0.6) is 5.75 Å². The Morgan fingerprint density at radius 3 is 2.41 bits per heavy atom. The summed E-state index contributed by atoms with van der Waals surface area (Å²) in [6.07, 6.45) is 2.85. The molecule has 0 unspecified atom stereocenters. The van der Waals surface area contributed by atoms with E-state index in [0.29, 0.717) is 46.3 Å². The van der Waals surface area contributed by atoms with E-state index in [1.807, 2.05) is 49.4 Å². The summed E-state index contributed by atoms with van der Waals surface area (Å²) in [5.74, 6) is 0.708. The molecule has 0 radical (unpaired) electrons. The largest absolute Gasteiger partial charge is 0.508 e. The zero-order valence-electron chi connectivity index (χ0n) is 18.9. The van der Waals surface area contributed by atoms with Crippen LogP contribution in [-0.2, 0) is 10.0 Å². The van der Waals surface area contributed by atoms with Crippen molar-refractivity contribution >= 4 is 32.3 Å². The van der Waals surface area contributed by atoms with E-state index >= 15 is 0 Å². The van der Waals surface area contributed by atoms with Gasteiger partial charge in [0.25, 0.3) is 0 Å². The van der Waals surface area contributed by atoms with Crippen molar-refractivity contribution in [1.82, 2.24) is 14.5 Å². The van der Waals surface area contributed by atoms with Crippen LogP contribution in [0.15, 0.2) is 71.6 Å². The van der Waals surface area contributed by atoms with E-state index in [9.17, 15) is 13.5 Å². The molecule has 1 aliphatic heterocycles. The number of aromatic hydroxyl groups is 1. The summed E-state index contributed by atoms with van der Waals surface area (Å²) >= 11 is 0. The molecule has 1 aromatic heterocycles. The average Bonchev–Trinajstić information content (AvgIpc) is 2.85. The highest BCUT2D eigenvalue weighted by atomic mass is 32.2. The second-order valence-corrected chi connectivity index (χ2v) is 10.5. The highest BCUT2D eigenvalue weighted by molar-refractivity contribution is 7.89. The fraction of sp³-hybridized carbons (Fsp3) is 0.231. The van der Waals surface area contributed by atoms with Crippen molar-refractivity contribution in [2.75, 3.05) is 18.4 Å². The number of hydrogen-bond donors (Lipinski definition) is 2. The molecule has 174 valence electrons. The van der Waals surface area contributed by atoms with Gasteiger partial charge in [-0.1, -0.05) is 48.9 Å². The van der Waals surface area contributed by atoms with Gasteiger partial charge in [0.05, 0.1) is 4.90 Å². The molecule has 0 amide bonds. The minimum Gasteiger partial charge on any atom is -0.508 e. The normalized spacial score (nSPS) is 14.9. The maximum absolute atomic E-state index is 13.4. The molecule has 1 aliphatic rings. The molecule has 34 heavy (non-hydrogen) atoms. The molecule has 1 saturated heterocycles. The maximum atomic E-state index is 13.4. The molecule has 0 spiro atoms. The van der Waals surface area contributed by atoms with Crippen molar-refractivity contribution < 1.29 is 13.5 Å². The number of piperidine rings is 1. The molecular weight excluding hydrogens is 448 g/mol. The molecule has 3 aromatic carbocycles. The van der Waals surface area contributed by atoms with E-state index in [-0.39, 0.29) is 5.75 Å². The van der Waals surface area contributed by atoms with Crippen LogP contribution in [0.25, 0.3) is 22.0 Å². The van der Waals surface area contributed by atoms with Crippen molar-refractivity contribution in [2.24, 2.45) is 0 Å². The lowest BCUT2D eigenvalue weighted by atomic mass is 10.0. The Labute approximate surface area is 199 Å². The van der Waals surface area contributed by atoms with Crippen LogP contribution in [0.2, 0.25) is 0 Å². The Morgan fingerprint density at radius 2 is 1.65 bits per heavy atom. The SMILES string of the molecule is Cc1ccc(-c2nnc(Nc3cccc(O)c3)c3ccccc23)cc1S(=O)(=O)N1CCCCC1. The van der Waals surface area contributed by atoms with Gasteiger partial charge in [0.15, 0.2) is 5.82 Å². The Morgan fingerprint density at radius 1 is 0.882 bits per heavy atom. The second-order valence-electron chi connectivity index (χ2n) is 8.56. The fourth-order valence-electron chi connectivity index (χ4n) is 4.40. The number of aryl methyl sites for hydroxylation is 1. The number of nitrogens with one attached hydrogen (secondary N) is 1. The van der Waals surface area contributed by atoms with Crippen molar-refractivity contribution in [3.63, 3.8) is 0 Å². The maximum Gasteiger partial charge on any atom is 0.243 e. The number of rotatable bonds is 5. The number of nitrogens with zero attached hydrogens (tertiary/aromatic N) is 3. The predicted molar refractivity (Wildman–Crippen MR) is 134 cm³/mol. The molecule has 7 nitrogen and oxygen atoms in total. The van der Waals surface area contributed by atoms with Crippen LogP contribution >= 0.6 is 0 Å². The summed E-state index contributed by atoms with van der Waals surface area (Å²) in [5, 5.41) is 23.6. The van der Waals surface area contributed by atoms with Crippen LogP contribution in [0.3, 0.4) is 0 Å². The van der Waals surface area contributed by atoms with Gasteiger partial charge in [0, 0.05) is 41.2 Å². The van der Waals surface area contributed by atoms with Gasteiger partial charge in [0.1, 0.15) is 11.4 Å². The number of benzene rings is 3. The minimum atomic E-state index is -3.58. The first-order chi connectivity index (χ1) is 16.4. The second kappa shape index (κ2) is 9.04. The van der Waals surface area contributed by atoms with Crippen LogP contribution in [-0.4, -0.2) is 41.1 Å². The quantitative estimate of drug-likeness (QED) is 0.411. The summed E-state index contributed by atoms with van der Waals surface area (Å²) in [5.41, 5.74) is 2.73. The number of hydrogen-bond acceptors (Lipinski definition) is 6. The predicted octanol–water partition coefficient (Wildman–Crippen LogP) is 5.23. The van der Waals surface area contributed by atoms with Gasteiger partial charge in [0.2, 0.25) is 10.0 Å². The van der Waals surface area contributed by atoms with Crippen LogP contribution in [0, 0.1) is 6.92 Å². The third kappa shape index (κ3) is 4.22. The zero-order valence-corrected chi connectivity index (χ0v) is 19.7. The van der Waals surface area contributed by atoms with E-state index < -0.39 is 10.0 Å². The summed E-state index contributed by atoms with van der Waals surface area (Å²) in [4.78, 5) is 0.319. The Kier molecular flexibility index (Phi) is 5.93. The first-order valence-electron chi connectivity index (χ1n) is 11.4. The molecule has 8 heteroatoms. The number of fused-ring (bicyclic) bond motifs is 1. The number of phenols is 1. The Hall–Kier alpha value is -3.49. The average molecular weight is 475 g/mol. The van der Waals surface area contributed by atoms with Gasteiger partial charge in [-0.2, -0.15) is 4.31 Å². The van der Waals surface area contributed by atoms with Crippen molar-refractivity contribution in [3.8, 4) is 17.0 Å². The molecular formula is C26H26N4O3S. The van der Waals surface area contributed by atoms with E-state index in [1.54, 1.807) is 28.6 Å². The summed E-state index contributed by atoms with van der Waals surface area (Å²) in [7, 11) is -3.58. The highest BCUT2D eigenvalue weighted by Gasteiger charge is 2.28. The lowest BCUT2D eigenvalue weighted by molar-refractivity contribution is 0.346. The van der Waals surface area contributed by atoms with Crippen LogP contribution in [0.1, 0.15) is 24.8 Å². The van der Waals surface area contributed by atoms with Gasteiger partial charge in [-0.05, 0) is 43.5 Å². The Bertz CT molecular complexity index is 1460. The zero-order chi connectivity index (χ0) is 23.7. The molecule has 0 aliphatic carbocycles. The number of phenolic OH excluding ortho intramolecular Hbond substituents is 1. The van der Waals surface area contributed by atoms with Crippen LogP contribution < -0.4 is 5.32 Å². The highest BCUT2D eigenvalue weighted by Crippen LogP contribution is 2.34. The topological polar surface area (TPSA) is 95.4 Å². The summed E-state index contributed by atoms with van der Waals surface area (Å²) < 4.78 is 28.4. The molecule has 0 bridgehead atoms. The van der Waals surface area contributed by atoms with Crippen LogP contribution in [0.4, 0.5) is 11.5 Å². The van der Waals surface area contributed by atoms with E-state index in [0.717, 1.165) is 30.0 Å². The minimum absolute atomic E-state index is 0.154. The lowest BCUT2D eigenvalue weighted by Gasteiger charge is -2.26. The molecule has 2 heterocycles. The number of anilines is 2. The third-order valence-corrected chi connectivity index (χ3v) is 8.23. The standard InChI is InChI=1S/C26H26N4O3S/c1-18-12-13-19(16-24(18)34(32,33)30-14-5-2-6-15-30)25-22-10-3-4-11-23(22)26(29-28-25)27-20-8-7-9-21(31)17-20/h3-4,7-13,16-17,31H,2,5-6,14-15H2,1H3,(H,27,29). The van der Waals surface area contributed by atoms with E-state index in [4.69, 9.17) is 0 Å². The molecule has 2 N–H and O–H groups in total. The Balaban J connectivity index is 1.58. The van der Waals surface area contributed by atoms with Gasteiger partial charge >= 0.3 is 0 Å².